The molecule has 2 rings (SSSR count). The Morgan fingerprint density at radius 1 is 1.25 bits per heavy atom. The van der Waals surface area contributed by atoms with Gasteiger partial charge in [0, 0.05) is 26.5 Å². The molecule has 20 heavy (non-hydrogen) atoms. The van der Waals surface area contributed by atoms with Crippen molar-refractivity contribution in [3.8, 4) is 0 Å². The Morgan fingerprint density at radius 3 is 2.75 bits per heavy atom. The van der Waals surface area contributed by atoms with E-state index in [9.17, 15) is 4.79 Å². The highest BCUT2D eigenvalue weighted by molar-refractivity contribution is 7.98. The van der Waals surface area contributed by atoms with Crippen LogP contribution in [-0.2, 0) is 10.5 Å². The zero-order valence-corrected chi connectivity index (χ0v) is 13.3. The van der Waals surface area contributed by atoms with Gasteiger partial charge < -0.3 is 5.11 Å². The molecule has 2 nitrogen and oxygen atoms in total. The largest absolute Gasteiger partial charge is 0.478 e. The van der Waals surface area contributed by atoms with Crippen LogP contribution in [0.1, 0.15) is 9.75 Å². The minimum Gasteiger partial charge on any atom is -0.478 e. The first-order valence-corrected chi connectivity index (χ1v) is 8.18. The Kier molecular flexibility index (Phi) is 5.54. The van der Waals surface area contributed by atoms with Crippen molar-refractivity contribution in [3.05, 3.63) is 56.2 Å². The normalized spacial score (nSPS) is 11.1. The molecule has 1 aromatic heterocycles. The lowest BCUT2D eigenvalue weighted by Crippen LogP contribution is -1.84. The molecule has 0 amide bonds. The zero-order valence-electron chi connectivity index (χ0n) is 10.2. The predicted octanol–water partition coefficient (Wildman–Crippen LogP) is 5.45. The maximum atomic E-state index is 10.4. The quantitative estimate of drug-likeness (QED) is 0.579. The maximum absolute atomic E-state index is 10.4. The van der Waals surface area contributed by atoms with Crippen LogP contribution in [0.2, 0.25) is 10.0 Å². The third-order valence-corrected chi connectivity index (χ3v) is 5.36. The number of hydrogen-bond donors (Lipinski definition) is 1. The number of halogens is 2. The zero-order chi connectivity index (χ0) is 14.5. The van der Waals surface area contributed by atoms with Gasteiger partial charge in [0.15, 0.2) is 0 Å². The summed E-state index contributed by atoms with van der Waals surface area (Å²) in [6.07, 6.45) is 2.74. The summed E-state index contributed by atoms with van der Waals surface area (Å²) in [6.45, 7) is 0. The van der Waals surface area contributed by atoms with E-state index in [2.05, 4.69) is 0 Å². The number of carboxylic acid groups (broad SMARTS) is 1. The van der Waals surface area contributed by atoms with Gasteiger partial charge in [-0.1, -0.05) is 23.2 Å². The second kappa shape index (κ2) is 7.18. The van der Waals surface area contributed by atoms with Crippen LogP contribution in [-0.4, -0.2) is 11.1 Å². The highest BCUT2D eigenvalue weighted by Gasteiger charge is 2.03. The molecule has 0 aliphatic carbocycles. The lowest BCUT2D eigenvalue weighted by Gasteiger charge is -2.01. The fourth-order valence-electron chi connectivity index (χ4n) is 1.44. The summed E-state index contributed by atoms with van der Waals surface area (Å²) in [5.41, 5.74) is 0. The van der Waals surface area contributed by atoms with Crippen LogP contribution in [0.3, 0.4) is 0 Å². The van der Waals surface area contributed by atoms with Crippen molar-refractivity contribution in [2.75, 3.05) is 0 Å². The summed E-state index contributed by atoms with van der Waals surface area (Å²) in [5.74, 6) is -0.131. The molecule has 1 N–H and O–H groups in total. The Labute approximate surface area is 135 Å². The third kappa shape index (κ3) is 4.56. The number of benzene rings is 1. The second-order valence-corrected chi connectivity index (χ2v) is 6.90. The molecule has 1 aromatic carbocycles. The summed E-state index contributed by atoms with van der Waals surface area (Å²) >= 11 is 15.1. The monoisotopic (exact) mass is 344 g/mol. The molecule has 0 saturated carbocycles. The van der Waals surface area contributed by atoms with Gasteiger partial charge in [0.25, 0.3) is 0 Å². The predicted molar refractivity (Wildman–Crippen MR) is 87.0 cm³/mol. The Balaban J connectivity index is 1.97. The smallest absolute Gasteiger partial charge is 0.328 e. The minimum absolute atomic E-state index is 0.549. The first-order chi connectivity index (χ1) is 9.54. The molecule has 104 valence electrons. The highest BCUT2D eigenvalue weighted by atomic mass is 35.5. The Hall–Kier alpha value is -0.940. The van der Waals surface area contributed by atoms with Crippen molar-refractivity contribution >= 4 is 58.3 Å². The van der Waals surface area contributed by atoms with Gasteiger partial charge in [-0.3, -0.25) is 0 Å². The molecule has 1 heterocycles. The van der Waals surface area contributed by atoms with Crippen LogP contribution in [0, 0.1) is 0 Å². The summed E-state index contributed by atoms with van der Waals surface area (Å²) in [4.78, 5) is 13.6. The van der Waals surface area contributed by atoms with Crippen molar-refractivity contribution in [3.63, 3.8) is 0 Å². The standard InChI is InChI=1S/C14H10Cl2O2S2/c15-12-5-3-10(7-13(12)16)19-8-11-2-1-9(20-11)4-6-14(17)18/h1-7H,8H2,(H,17,18). The van der Waals surface area contributed by atoms with E-state index in [0.717, 1.165) is 21.6 Å². The lowest BCUT2D eigenvalue weighted by atomic mass is 10.4. The molecular weight excluding hydrogens is 335 g/mol. The van der Waals surface area contributed by atoms with E-state index in [1.54, 1.807) is 35.2 Å². The SMILES string of the molecule is O=C(O)C=Cc1ccc(CSc2ccc(Cl)c(Cl)c2)s1. The molecule has 0 spiro atoms. The summed E-state index contributed by atoms with van der Waals surface area (Å²) < 4.78 is 0. The van der Waals surface area contributed by atoms with Gasteiger partial charge in [-0.05, 0) is 36.4 Å². The topological polar surface area (TPSA) is 37.3 Å². The van der Waals surface area contributed by atoms with Crippen LogP contribution < -0.4 is 0 Å². The maximum Gasteiger partial charge on any atom is 0.328 e. The van der Waals surface area contributed by atoms with E-state index >= 15 is 0 Å². The van der Waals surface area contributed by atoms with Gasteiger partial charge in [-0.25, -0.2) is 4.79 Å². The number of hydrogen-bond acceptors (Lipinski definition) is 3. The third-order valence-electron chi connectivity index (χ3n) is 2.34. The van der Waals surface area contributed by atoms with Crippen LogP contribution in [0.4, 0.5) is 0 Å². The van der Waals surface area contributed by atoms with Gasteiger partial charge in [0.1, 0.15) is 0 Å². The van der Waals surface area contributed by atoms with Crippen molar-refractivity contribution < 1.29 is 9.90 Å². The Morgan fingerprint density at radius 2 is 2.05 bits per heavy atom. The van der Waals surface area contributed by atoms with E-state index in [-0.39, 0.29) is 0 Å². The van der Waals surface area contributed by atoms with Gasteiger partial charge in [-0.2, -0.15) is 0 Å². The number of thiophene rings is 1. The first-order valence-electron chi connectivity index (χ1n) is 5.62. The number of thioether (sulfide) groups is 1. The van der Waals surface area contributed by atoms with Crippen molar-refractivity contribution in [2.24, 2.45) is 0 Å². The van der Waals surface area contributed by atoms with E-state index in [1.165, 1.54) is 4.88 Å². The molecule has 0 radical (unpaired) electrons. The molecule has 0 aliphatic heterocycles. The number of carboxylic acids is 1. The second-order valence-electron chi connectivity index (χ2n) is 3.84. The fraction of sp³-hybridized carbons (Fsp3) is 0.0714. The molecule has 0 unspecified atom stereocenters. The summed E-state index contributed by atoms with van der Waals surface area (Å²) in [5, 5.41) is 9.67. The van der Waals surface area contributed by atoms with Gasteiger partial charge in [0.2, 0.25) is 0 Å². The molecule has 0 bridgehead atoms. The molecule has 0 aliphatic rings. The number of carbonyl (C=O) groups is 1. The average Bonchev–Trinajstić information content (AvgIpc) is 2.86. The van der Waals surface area contributed by atoms with Gasteiger partial charge >= 0.3 is 5.97 Å². The lowest BCUT2D eigenvalue weighted by molar-refractivity contribution is -0.131. The molecule has 2 aromatic rings. The van der Waals surface area contributed by atoms with E-state index in [4.69, 9.17) is 28.3 Å². The molecular formula is C14H10Cl2O2S2. The van der Waals surface area contributed by atoms with Crippen molar-refractivity contribution in [2.45, 2.75) is 10.6 Å². The molecule has 0 fully saturated rings. The Bertz CT molecular complexity index is 650. The number of rotatable bonds is 5. The average molecular weight is 345 g/mol. The van der Waals surface area contributed by atoms with E-state index in [0.29, 0.717) is 10.0 Å². The van der Waals surface area contributed by atoms with Crippen LogP contribution in [0.25, 0.3) is 6.08 Å². The molecule has 6 heteroatoms. The number of aliphatic carboxylic acids is 1. The minimum atomic E-state index is -0.940. The fourth-order valence-corrected chi connectivity index (χ4v) is 3.69. The molecule has 0 saturated heterocycles. The van der Waals surface area contributed by atoms with Gasteiger partial charge in [0.05, 0.1) is 10.0 Å². The first kappa shape index (κ1) is 15.4. The van der Waals surface area contributed by atoms with Crippen LogP contribution >= 0.6 is 46.3 Å². The van der Waals surface area contributed by atoms with Gasteiger partial charge in [-0.15, -0.1) is 23.1 Å². The highest BCUT2D eigenvalue weighted by Crippen LogP contribution is 2.31. The van der Waals surface area contributed by atoms with Crippen LogP contribution in [0.15, 0.2) is 41.3 Å². The van der Waals surface area contributed by atoms with Crippen molar-refractivity contribution in [1.82, 2.24) is 0 Å². The molecule has 0 atom stereocenters. The summed E-state index contributed by atoms with van der Waals surface area (Å²) in [7, 11) is 0. The van der Waals surface area contributed by atoms with E-state index in [1.807, 2.05) is 24.3 Å². The van der Waals surface area contributed by atoms with Crippen LogP contribution in [0.5, 0.6) is 0 Å². The van der Waals surface area contributed by atoms with Crippen molar-refractivity contribution in [1.29, 1.82) is 0 Å². The summed E-state index contributed by atoms with van der Waals surface area (Å²) in [6, 6.07) is 9.46. The van der Waals surface area contributed by atoms with E-state index < -0.39 is 5.97 Å².